The summed E-state index contributed by atoms with van der Waals surface area (Å²) in [5, 5.41) is 0. The average molecular weight is 114 g/mol. The van der Waals surface area contributed by atoms with E-state index in [-0.39, 0.29) is 79.8 Å². The molecule has 0 bridgehead atoms. The van der Waals surface area contributed by atoms with Gasteiger partial charge in [-0.3, -0.25) is 0 Å². The van der Waals surface area contributed by atoms with Crippen molar-refractivity contribution in [1.29, 1.82) is 0 Å². The van der Waals surface area contributed by atoms with E-state index in [0.717, 1.165) is 0 Å². The number of hydrogen-bond donors (Lipinski definition) is 0. The van der Waals surface area contributed by atoms with Gasteiger partial charge in [0.25, 0.3) is 0 Å². The molecule has 0 amide bonds. The maximum Gasteiger partial charge on any atom is 0 e. The second-order valence-electron chi connectivity index (χ2n) is 0. The van der Waals surface area contributed by atoms with E-state index >= 15 is 0 Å². The van der Waals surface area contributed by atoms with Crippen LogP contribution in [0.15, 0.2) is 0 Å². The minimum absolute atomic E-state index is 0. The van der Waals surface area contributed by atoms with Crippen LogP contribution in [0, 0.1) is 0 Å². The van der Waals surface area contributed by atoms with Crippen LogP contribution in [-0.2, 0) is 21.7 Å². The summed E-state index contributed by atoms with van der Waals surface area (Å²) in [6.07, 6.45) is 0. The molecule has 0 aromatic carbocycles. The van der Waals surface area contributed by atoms with Crippen molar-refractivity contribution in [3.63, 3.8) is 0 Å². The second kappa shape index (κ2) is 18.0. The van der Waals surface area contributed by atoms with Gasteiger partial charge in [-0.1, -0.05) is 0 Å². The maximum atomic E-state index is 0. The predicted molar refractivity (Wildman–Crippen MR) is 16.2 cm³/mol. The van der Waals surface area contributed by atoms with Crippen LogP contribution in [0.3, 0.4) is 0 Å². The van der Waals surface area contributed by atoms with Gasteiger partial charge in [-0.25, -0.2) is 0 Å². The standard InChI is InChI=1S/Mg.Na.H2O.Ti.2H/h;;1H2;;;/q+1;;;;;/p-1. The van der Waals surface area contributed by atoms with Crippen molar-refractivity contribution < 1.29 is 27.2 Å². The van der Waals surface area contributed by atoms with Gasteiger partial charge in [0.2, 0.25) is 0 Å². The van der Waals surface area contributed by atoms with Crippen LogP contribution in [0.1, 0.15) is 0 Å². The summed E-state index contributed by atoms with van der Waals surface area (Å²) in [4.78, 5) is 0. The van der Waals surface area contributed by atoms with Crippen LogP contribution in [0.2, 0.25) is 0 Å². The summed E-state index contributed by atoms with van der Waals surface area (Å²) in [5.41, 5.74) is 0. The SMILES string of the molecule is [MgH+].[NaH].[OH-].[Ti]. The molecule has 0 aromatic rings. The molecule has 0 rings (SSSR count). The summed E-state index contributed by atoms with van der Waals surface area (Å²) >= 11 is 0. The zero-order chi connectivity index (χ0) is 0. The molecule has 0 aliphatic rings. The zero-order valence-corrected chi connectivity index (χ0v) is 5.51. The Kier molecular flexibility index (Phi) is 144. The van der Waals surface area contributed by atoms with E-state index in [1.54, 1.807) is 0 Å². The van der Waals surface area contributed by atoms with Gasteiger partial charge in [0.15, 0.2) is 0 Å². The molecule has 4 heteroatoms. The molecule has 0 aliphatic carbocycles. The van der Waals surface area contributed by atoms with Gasteiger partial charge in [0, 0.05) is 21.7 Å². The maximum absolute atomic E-state index is 0. The fraction of sp³-hybridized carbons (Fsp3) is 0. The molecule has 0 unspecified atom stereocenters. The van der Waals surface area contributed by atoms with E-state index < -0.39 is 0 Å². The van der Waals surface area contributed by atoms with E-state index in [9.17, 15) is 0 Å². The van der Waals surface area contributed by atoms with Gasteiger partial charge >= 0.3 is 52.6 Å². The molecule has 0 aliphatic heterocycles. The van der Waals surface area contributed by atoms with E-state index in [2.05, 4.69) is 0 Å². The second-order valence-corrected chi connectivity index (χ2v) is 0. The Morgan fingerprint density at radius 3 is 1.00 bits per heavy atom. The zero-order valence-electron chi connectivity index (χ0n) is 1.95. The molecule has 1 N–H and O–H groups in total. The summed E-state index contributed by atoms with van der Waals surface area (Å²) in [6, 6.07) is 0. The fourth-order valence-corrected chi connectivity index (χ4v) is 0. The van der Waals surface area contributed by atoms with Gasteiger partial charge in [0.1, 0.15) is 0 Å². The molecular formula is H3MgNaOTi. The first-order valence-electron chi connectivity index (χ1n) is 0. The van der Waals surface area contributed by atoms with Crippen molar-refractivity contribution in [2.45, 2.75) is 0 Å². The van der Waals surface area contributed by atoms with E-state index in [0.29, 0.717) is 0 Å². The average Bonchev–Trinajstić information content (AvgIpc) is 0. The van der Waals surface area contributed by atoms with Gasteiger partial charge in [0.05, 0.1) is 0 Å². The van der Waals surface area contributed by atoms with Crippen LogP contribution in [-0.4, -0.2) is 58.1 Å². The molecule has 0 spiro atoms. The van der Waals surface area contributed by atoms with Crippen LogP contribution in [0.5, 0.6) is 0 Å². The smallest absolute Gasteiger partial charge is 0 e. The number of hydrogen-bond acceptors (Lipinski definition) is 1. The van der Waals surface area contributed by atoms with Crippen molar-refractivity contribution in [2.75, 3.05) is 0 Å². The first kappa shape index (κ1) is 32.0. The van der Waals surface area contributed by atoms with Gasteiger partial charge in [-0.05, 0) is 0 Å². The van der Waals surface area contributed by atoms with E-state index in [4.69, 9.17) is 0 Å². The largest absolute Gasteiger partial charge is 0.870 e. The summed E-state index contributed by atoms with van der Waals surface area (Å²) in [7, 11) is 0. The molecule has 1 nitrogen and oxygen atoms in total. The summed E-state index contributed by atoms with van der Waals surface area (Å²) < 4.78 is 0. The summed E-state index contributed by atoms with van der Waals surface area (Å²) in [6.45, 7) is 0. The third kappa shape index (κ3) is 8.83. The fourth-order valence-electron chi connectivity index (χ4n) is 0. The monoisotopic (exact) mass is 114 g/mol. The normalized spacial score (nSPS) is 0. The van der Waals surface area contributed by atoms with E-state index in [1.165, 1.54) is 0 Å². The molecule has 4 heavy (non-hydrogen) atoms. The Morgan fingerprint density at radius 2 is 1.00 bits per heavy atom. The van der Waals surface area contributed by atoms with Crippen LogP contribution >= 0.6 is 0 Å². The van der Waals surface area contributed by atoms with Crippen molar-refractivity contribution >= 4 is 52.6 Å². The Labute approximate surface area is 78.5 Å². The van der Waals surface area contributed by atoms with Gasteiger partial charge in [-0.2, -0.15) is 0 Å². The topological polar surface area (TPSA) is 30.0 Å². The quantitative estimate of drug-likeness (QED) is 0.353. The molecule has 0 radical (unpaired) electrons. The molecule has 0 atom stereocenters. The van der Waals surface area contributed by atoms with Crippen LogP contribution < -0.4 is 0 Å². The molecule has 0 saturated carbocycles. The summed E-state index contributed by atoms with van der Waals surface area (Å²) in [5.74, 6) is 0. The Balaban J connectivity index is 0. The first-order valence-corrected chi connectivity index (χ1v) is 0. The van der Waals surface area contributed by atoms with Gasteiger partial charge < -0.3 is 5.48 Å². The Hall–Kier alpha value is 2.44. The Bertz CT molecular complexity index is 8.00. The third-order valence-corrected chi connectivity index (χ3v) is 0. The minimum atomic E-state index is 0. The predicted octanol–water partition coefficient (Wildman–Crippen LogP) is -1.48. The molecule has 16 valence electrons. The molecule has 0 heterocycles. The van der Waals surface area contributed by atoms with Crippen LogP contribution in [0.4, 0.5) is 0 Å². The van der Waals surface area contributed by atoms with Crippen molar-refractivity contribution in [2.24, 2.45) is 0 Å². The molecular weight excluding hydrogens is 111 g/mol. The van der Waals surface area contributed by atoms with Crippen LogP contribution in [0.25, 0.3) is 0 Å². The van der Waals surface area contributed by atoms with Crippen molar-refractivity contribution in [1.82, 2.24) is 0 Å². The molecule has 0 fully saturated rings. The van der Waals surface area contributed by atoms with Crippen molar-refractivity contribution in [3.05, 3.63) is 0 Å². The van der Waals surface area contributed by atoms with Crippen molar-refractivity contribution in [3.8, 4) is 0 Å². The molecule has 0 aromatic heterocycles. The first-order chi connectivity index (χ1) is 0. The molecule has 0 saturated heterocycles. The minimum Gasteiger partial charge on any atom is -0.870 e. The third-order valence-electron chi connectivity index (χ3n) is 0. The van der Waals surface area contributed by atoms with Gasteiger partial charge in [-0.15, -0.1) is 0 Å². The Morgan fingerprint density at radius 1 is 1.00 bits per heavy atom. The number of rotatable bonds is 0. The van der Waals surface area contributed by atoms with E-state index in [1.807, 2.05) is 0 Å².